The molecule has 0 fully saturated rings. The number of aromatic carboxylic acids is 1. The Balaban J connectivity index is 2.06. The summed E-state index contributed by atoms with van der Waals surface area (Å²) in [7, 11) is 0. The van der Waals surface area contributed by atoms with Crippen LogP contribution in [0.5, 0.6) is 0 Å². The maximum Gasteiger partial charge on any atom is 0.336 e. The van der Waals surface area contributed by atoms with Crippen molar-refractivity contribution in [1.29, 1.82) is 0 Å². The summed E-state index contributed by atoms with van der Waals surface area (Å²) in [6, 6.07) is 20.2. The van der Waals surface area contributed by atoms with Gasteiger partial charge in [-0.25, -0.2) is 4.79 Å². The summed E-state index contributed by atoms with van der Waals surface area (Å²) in [5.74, 6) is -2.14. The number of hydrogen-bond donors (Lipinski definition) is 3. The van der Waals surface area contributed by atoms with Crippen LogP contribution in [0, 0.1) is 0 Å². The fourth-order valence-corrected chi connectivity index (χ4v) is 4.00. The fraction of sp³-hybridized carbons (Fsp3) is 0.130. The molecule has 3 aromatic rings. The average Bonchev–Trinajstić information content (AvgIpc) is 3.06. The molecule has 5 nitrogen and oxygen atoms in total. The van der Waals surface area contributed by atoms with Crippen LogP contribution in [0.15, 0.2) is 66.7 Å². The Morgan fingerprint density at radius 1 is 0.821 bits per heavy atom. The van der Waals surface area contributed by atoms with Crippen molar-refractivity contribution >= 4 is 11.9 Å². The number of benzene rings is 3. The monoisotopic (exact) mass is 373 g/mol. The van der Waals surface area contributed by atoms with Crippen LogP contribution < -0.4 is 5.73 Å². The third kappa shape index (κ3) is 2.86. The third-order valence-electron chi connectivity index (χ3n) is 5.34. The lowest BCUT2D eigenvalue weighted by molar-refractivity contribution is -0.142. The molecule has 0 bridgehead atoms. The van der Waals surface area contributed by atoms with Gasteiger partial charge in [-0.3, -0.25) is 4.79 Å². The number of rotatable bonds is 4. The van der Waals surface area contributed by atoms with Gasteiger partial charge in [-0.15, -0.1) is 0 Å². The van der Waals surface area contributed by atoms with Crippen LogP contribution in [0.3, 0.4) is 0 Å². The molecular formula is C23H19NO4. The lowest BCUT2D eigenvalue weighted by atomic mass is 9.87. The molecule has 0 spiro atoms. The zero-order valence-corrected chi connectivity index (χ0v) is 15.1. The zero-order chi connectivity index (χ0) is 19.9. The van der Waals surface area contributed by atoms with E-state index >= 15 is 0 Å². The van der Waals surface area contributed by atoms with Crippen LogP contribution in [0.25, 0.3) is 22.3 Å². The Labute approximate surface area is 162 Å². The minimum atomic E-state index is -1.45. The minimum absolute atomic E-state index is 0.0862. The van der Waals surface area contributed by atoms with Gasteiger partial charge in [0.1, 0.15) is 5.54 Å². The van der Waals surface area contributed by atoms with Crippen molar-refractivity contribution in [2.75, 3.05) is 0 Å². The average molecular weight is 373 g/mol. The van der Waals surface area contributed by atoms with Gasteiger partial charge in [0.25, 0.3) is 0 Å². The number of fused-ring (bicyclic) bond motifs is 1. The number of carboxylic acid groups (broad SMARTS) is 2. The Morgan fingerprint density at radius 2 is 1.36 bits per heavy atom. The molecule has 0 saturated carbocycles. The SMILES string of the molecule is N[C@]1(C(=O)O)Cc2c(-c3ccccc3)cc(C(=O)O)c(-c3ccccc3)c2C1. The van der Waals surface area contributed by atoms with E-state index in [0.29, 0.717) is 11.1 Å². The third-order valence-corrected chi connectivity index (χ3v) is 5.34. The number of aliphatic carboxylic acids is 1. The van der Waals surface area contributed by atoms with Gasteiger partial charge in [0.2, 0.25) is 0 Å². The van der Waals surface area contributed by atoms with Gasteiger partial charge in [-0.2, -0.15) is 0 Å². The molecule has 28 heavy (non-hydrogen) atoms. The van der Waals surface area contributed by atoms with E-state index in [1.54, 1.807) is 6.07 Å². The normalized spacial score (nSPS) is 17.9. The van der Waals surface area contributed by atoms with Crippen LogP contribution in [-0.2, 0) is 17.6 Å². The van der Waals surface area contributed by atoms with Crippen molar-refractivity contribution in [2.24, 2.45) is 5.73 Å². The molecule has 0 amide bonds. The summed E-state index contributed by atoms with van der Waals surface area (Å²) < 4.78 is 0. The van der Waals surface area contributed by atoms with Gasteiger partial charge < -0.3 is 15.9 Å². The van der Waals surface area contributed by atoms with Gasteiger partial charge >= 0.3 is 11.9 Å². The Kier molecular flexibility index (Phi) is 4.24. The molecule has 1 aliphatic carbocycles. The zero-order valence-electron chi connectivity index (χ0n) is 15.1. The Morgan fingerprint density at radius 3 is 1.89 bits per heavy atom. The molecule has 0 radical (unpaired) electrons. The highest BCUT2D eigenvalue weighted by atomic mass is 16.4. The van der Waals surface area contributed by atoms with Crippen LogP contribution in [0.4, 0.5) is 0 Å². The number of nitrogens with two attached hydrogens (primary N) is 1. The molecule has 4 rings (SSSR count). The van der Waals surface area contributed by atoms with E-state index in [1.807, 2.05) is 60.7 Å². The molecule has 3 aromatic carbocycles. The Bertz CT molecular complexity index is 1080. The van der Waals surface area contributed by atoms with Gasteiger partial charge in [0.05, 0.1) is 5.56 Å². The number of hydrogen-bond acceptors (Lipinski definition) is 3. The lowest BCUT2D eigenvalue weighted by Gasteiger charge is -2.17. The van der Waals surface area contributed by atoms with Crippen molar-refractivity contribution in [3.05, 3.63) is 83.4 Å². The van der Waals surface area contributed by atoms with E-state index < -0.39 is 17.5 Å². The summed E-state index contributed by atoms with van der Waals surface area (Å²) in [4.78, 5) is 24.0. The first-order valence-electron chi connectivity index (χ1n) is 8.96. The molecular weight excluding hydrogens is 354 g/mol. The summed E-state index contributed by atoms with van der Waals surface area (Å²) >= 11 is 0. The topological polar surface area (TPSA) is 101 Å². The van der Waals surface area contributed by atoms with Crippen molar-refractivity contribution in [2.45, 2.75) is 18.4 Å². The second-order valence-corrected chi connectivity index (χ2v) is 7.16. The molecule has 4 N–H and O–H groups in total. The fourth-order valence-electron chi connectivity index (χ4n) is 4.00. The van der Waals surface area contributed by atoms with E-state index in [4.69, 9.17) is 5.73 Å². The highest BCUT2D eigenvalue weighted by Crippen LogP contribution is 2.43. The summed E-state index contributed by atoms with van der Waals surface area (Å²) in [5.41, 5.74) is 9.29. The van der Waals surface area contributed by atoms with Crippen LogP contribution in [0.1, 0.15) is 21.5 Å². The van der Waals surface area contributed by atoms with Gasteiger partial charge in [-0.1, -0.05) is 60.7 Å². The molecule has 1 atom stereocenters. The maximum absolute atomic E-state index is 12.1. The second kappa shape index (κ2) is 6.62. The van der Waals surface area contributed by atoms with E-state index in [2.05, 4.69) is 0 Å². The van der Waals surface area contributed by atoms with Crippen molar-refractivity contribution in [3.63, 3.8) is 0 Å². The van der Waals surface area contributed by atoms with E-state index in [9.17, 15) is 19.8 Å². The highest BCUT2D eigenvalue weighted by Gasteiger charge is 2.43. The van der Waals surface area contributed by atoms with Crippen LogP contribution in [-0.4, -0.2) is 27.7 Å². The van der Waals surface area contributed by atoms with Crippen molar-refractivity contribution in [1.82, 2.24) is 0 Å². The quantitative estimate of drug-likeness (QED) is 0.649. The maximum atomic E-state index is 12.1. The van der Waals surface area contributed by atoms with Gasteiger partial charge in [0, 0.05) is 12.8 Å². The standard InChI is InChI=1S/C23H19NO4/c24-23(22(27)28)12-18-16(14-7-3-1-4-8-14)11-17(21(25)26)20(19(18)13-23)15-9-5-2-6-10-15/h1-11H,12-13,24H2,(H,25,26)(H,27,28)/t23-/m1/s1. The van der Waals surface area contributed by atoms with Gasteiger partial charge in [-0.05, 0) is 39.4 Å². The molecule has 1 aliphatic rings. The first-order valence-corrected chi connectivity index (χ1v) is 8.96. The smallest absolute Gasteiger partial charge is 0.336 e. The summed E-state index contributed by atoms with van der Waals surface area (Å²) in [5, 5.41) is 19.6. The molecule has 0 saturated heterocycles. The van der Waals surface area contributed by atoms with E-state index in [0.717, 1.165) is 22.3 Å². The molecule has 0 aliphatic heterocycles. The predicted molar refractivity (Wildman–Crippen MR) is 106 cm³/mol. The summed E-state index contributed by atoms with van der Waals surface area (Å²) in [6.07, 6.45) is 0.241. The van der Waals surface area contributed by atoms with Crippen LogP contribution in [0.2, 0.25) is 0 Å². The molecule has 0 heterocycles. The lowest BCUT2D eigenvalue weighted by Crippen LogP contribution is -2.48. The number of carboxylic acids is 2. The largest absolute Gasteiger partial charge is 0.480 e. The van der Waals surface area contributed by atoms with Crippen molar-refractivity contribution in [3.8, 4) is 22.3 Å². The molecule has 0 aromatic heterocycles. The van der Waals surface area contributed by atoms with Crippen LogP contribution >= 0.6 is 0 Å². The second-order valence-electron chi connectivity index (χ2n) is 7.16. The van der Waals surface area contributed by atoms with Gasteiger partial charge in [0.15, 0.2) is 0 Å². The van der Waals surface area contributed by atoms with E-state index in [1.165, 1.54) is 0 Å². The number of carbonyl (C=O) groups is 2. The molecule has 5 heteroatoms. The first kappa shape index (κ1) is 17.9. The first-order chi connectivity index (χ1) is 13.4. The van der Waals surface area contributed by atoms with E-state index in [-0.39, 0.29) is 18.4 Å². The minimum Gasteiger partial charge on any atom is -0.480 e. The highest BCUT2D eigenvalue weighted by molar-refractivity contribution is 6.01. The summed E-state index contributed by atoms with van der Waals surface area (Å²) in [6.45, 7) is 0. The van der Waals surface area contributed by atoms with Crippen molar-refractivity contribution < 1.29 is 19.8 Å². The molecule has 140 valence electrons. The molecule has 0 unspecified atom stereocenters. The predicted octanol–water partition coefficient (Wildman–Crippen LogP) is 3.60. The Hall–Kier alpha value is -3.44.